The van der Waals surface area contributed by atoms with Crippen molar-refractivity contribution in [2.45, 2.75) is 70.9 Å². The molecule has 6 nitrogen and oxygen atoms in total. The highest BCUT2D eigenvalue weighted by molar-refractivity contribution is 6.30. The Morgan fingerprint density at radius 2 is 1.70 bits per heavy atom. The Morgan fingerprint density at radius 3 is 2.35 bits per heavy atom. The maximum absolute atomic E-state index is 11.9. The van der Waals surface area contributed by atoms with Gasteiger partial charge in [-0.3, -0.25) is 19.4 Å². The van der Waals surface area contributed by atoms with Crippen molar-refractivity contribution in [3.8, 4) is 11.5 Å². The molecule has 0 spiro atoms. The molecular weight excluding hydrogens is 488 g/mol. The number of rotatable bonds is 12. The number of ether oxygens (including phenoxy) is 2. The molecule has 1 unspecified atom stereocenters. The van der Waals surface area contributed by atoms with Gasteiger partial charge in [0.15, 0.2) is 11.5 Å². The van der Waals surface area contributed by atoms with Gasteiger partial charge in [-0.05, 0) is 60.6 Å². The van der Waals surface area contributed by atoms with Gasteiger partial charge in [0, 0.05) is 37.0 Å². The molecule has 1 saturated heterocycles. The number of likely N-dealkylation sites (tertiary alicyclic amines) is 1. The maximum atomic E-state index is 11.9. The van der Waals surface area contributed by atoms with Gasteiger partial charge in [-0.25, -0.2) is 0 Å². The van der Waals surface area contributed by atoms with E-state index in [0.717, 1.165) is 36.0 Å². The van der Waals surface area contributed by atoms with Crippen LogP contribution in [-0.4, -0.2) is 48.4 Å². The van der Waals surface area contributed by atoms with E-state index in [1.165, 1.54) is 42.6 Å². The zero-order valence-electron chi connectivity index (χ0n) is 22.1. The number of nitrogens with zero attached hydrogens (tertiary/aromatic N) is 2. The second-order valence-electron chi connectivity index (χ2n) is 10.2. The third-order valence-electron chi connectivity index (χ3n) is 7.64. The third-order valence-corrected chi connectivity index (χ3v) is 7.89. The summed E-state index contributed by atoms with van der Waals surface area (Å²) in [6.45, 7) is 4.64. The van der Waals surface area contributed by atoms with Crippen LogP contribution >= 0.6 is 11.6 Å². The van der Waals surface area contributed by atoms with E-state index in [4.69, 9.17) is 21.1 Å². The molecule has 2 amide bonds. The van der Waals surface area contributed by atoms with Gasteiger partial charge in [-0.1, -0.05) is 56.0 Å². The van der Waals surface area contributed by atoms with Crippen LogP contribution in [0.1, 0.15) is 75.5 Å². The minimum Gasteiger partial charge on any atom is -0.493 e. The monoisotopic (exact) mass is 526 g/mol. The predicted octanol–water partition coefficient (Wildman–Crippen LogP) is 6.41. The molecule has 1 aliphatic carbocycles. The second kappa shape index (κ2) is 13.3. The number of carbonyl (C=O) groups excluding carboxylic acids is 2. The van der Waals surface area contributed by atoms with Crippen LogP contribution in [0.4, 0.5) is 0 Å². The summed E-state index contributed by atoms with van der Waals surface area (Å²) < 4.78 is 11.6. The Balaban J connectivity index is 1.47. The predicted molar refractivity (Wildman–Crippen MR) is 146 cm³/mol. The summed E-state index contributed by atoms with van der Waals surface area (Å²) in [6.07, 6.45) is 8.20. The first-order chi connectivity index (χ1) is 18.0. The van der Waals surface area contributed by atoms with E-state index in [2.05, 4.69) is 30.0 Å². The van der Waals surface area contributed by atoms with Gasteiger partial charge in [0.2, 0.25) is 11.8 Å². The van der Waals surface area contributed by atoms with E-state index in [1.54, 1.807) is 7.11 Å². The van der Waals surface area contributed by atoms with E-state index >= 15 is 0 Å². The van der Waals surface area contributed by atoms with Gasteiger partial charge in [0.25, 0.3) is 0 Å². The van der Waals surface area contributed by atoms with Gasteiger partial charge in [-0.2, -0.15) is 0 Å². The second-order valence-corrected chi connectivity index (χ2v) is 10.6. The Morgan fingerprint density at radius 1 is 1.00 bits per heavy atom. The maximum Gasteiger partial charge on any atom is 0.229 e. The molecule has 2 aliphatic rings. The Hall–Kier alpha value is -2.57. The van der Waals surface area contributed by atoms with E-state index in [9.17, 15) is 9.59 Å². The molecule has 2 aromatic rings. The van der Waals surface area contributed by atoms with E-state index in [-0.39, 0.29) is 25.0 Å². The van der Waals surface area contributed by atoms with Crippen molar-refractivity contribution < 1.29 is 19.1 Å². The number of halogens is 1. The molecule has 1 heterocycles. The molecule has 0 N–H and O–H groups in total. The van der Waals surface area contributed by atoms with Crippen molar-refractivity contribution in [1.29, 1.82) is 0 Å². The Bertz CT molecular complexity index is 1040. The number of amides is 2. The van der Waals surface area contributed by atoms with E-state index < -0.39 is 0 Å². The molecule has 37 heavy (non-hydrogen) atoms. The largest absolute Gasteiger partial charge is 0.493 e. The molecule has 7 heteroatoms. The topological polar surface area (TPSA) is 59.1 Å². The summed E-state index contributed by atoms with van der Waals surface area (Å²) in [5.74, 6) is 1.75. The van der Waals surface area contributed by atoms with Crippen LogP contribution < -0.4 is 9.47 Å². The van der Waals surface area contributed by atoms with Crippen molar-refractivity contribution in [2.24, 2.45) is 5.92 Å². The fourth-order valence-corrected chi connectivity index (χ4v) is 5.80. The number of hydrogen-bond acceptors (Lipinski definition) is 5. The van der Waals surface area contributed by atoms with Crippen LogP contribution in [0.3, 0.4) is 0 Å². The van der Waals surface area contributed by atoms with Crippen LogP contribution in [-0.2, 0) is 16.1 Å². The highest BCUT2D eigenvalue weighted by Gasteiger charge is 2.28. The zero-order valence-corrected chi connectivity index (χ0v) is 22.8. The van der Waals surface area contributed by atoms with Crippen LogP contribution in [0, 0.1) is 5.92 Å². The van der Waals surface area contributed by atoms with Crippen LogP contribution in [0.2, 0.25) is 5.02 Å². The minimum absolute atomic E-state index is 0.125. The standard InChI is InChI=1S/C30H39ClN2O4/c1-3-26(24-10-12-25(31)13-11-24)32(20-22-7-5-4-6-8-22)21-23-9-14-27(28(19-23)36-2)37-18-17-33-29(34)15-16-30(33)35/h9-14,19,22,26H,3-8,15-18,20-21H2,1-2H3. The molecule has 0 aromatic heterocycles. The summed E-state index contributed by atoms with van der Waals surface area (Å²) in [6, 6.07) is 14.6. The number of methoxy groups -OCH3 is 1. The van der Waals surface area contributed by atoms with Gasteiger partial charge in [0.05, 0.1) is 13.7 Å². The molecule has 0 radical (unpaired) electrons. The number of benzene rings is 2. The highest BCUT2D eigenvalue weighted by atomic mass is 35.5. The summed E-state index contributed by atoms with van der Waals surface area (Å²) in [7, 11) is 1.64. The minimum atomic E-state index is -0.125. The van der Waals surface area contributed by atoms with E-state index in [0.29, 0.717) is 30.4 Å². The lowest BCUT2D eigenvalue weighted by Crippen LogP contribution is -2.33. The first-order valence-electron chi connectivity index (χ1n) is 13.6. The zero-order chi connectivity index (χ0) is 26.2. The fraction of sp³-hybridized carbons (Fsp3) is 0.533. The highest BCUT2D eigenvalue weighted by Crippen LogP contribution is 2.34. The fourth-order valence-electron chi connectivity index (χ4n) is 5.68. The smallest absolute Gasteiger partial charge is 0.229 e. The van der Waals surface area contributed by atoms with Gasteiger partial charge in [0.1, 0.15) is 6.61 Å². The van der Waals surface area contributed by atoms with Crippen molar-refractivity contribution in [3.05, 3.63) is 58.6 Å². The van der Waals surface area contributed by atoms with Crippen LogP contribution in [0.15, 0.2) is 42.5 Å². The lowest BCUT2D eigenvalue weighted by Gasteiger charge is -2.36. The number of carbonyl (C=O) groups is 2. The molecule has 4 rings (SSSR count). The third kappa shape index (κ3) is 7.26. The van der Waals surface area contributed by atoms with Crippen molar-refractivity contribution >= 4 is 23.4 Å². The van der Waals surface area contributed by atoms with E-state index in [1.807, 2.05) is 24.3 Å². The van der Waals surface area contributed by atoms with Gasteiger partial charge in [-0.15, -0.1) is 0 Å². The van der Waals surface area contributed by atoms with Crippen molar-refractivity contribution in [3.63, 3.8) is 0 Å². The van der Waals surface area contributed by atoms with Crippen LogP contribution in [0.25, 0.3) is 0 Å². The first-order valence-corrected chi connectivity index (χ1v) is 14.0. The van der Waals surface area contributed by atoms with Crippen molar-refractivity contribution in [1.82, 2.24) is 9.80 Å². The lowest BCUT2D eigenvalue weighted by molar-refractivity contribution is -0.138. The quantitative estimate of drug-likeness (QED) is 0.299. The molecule has 200 valence electrons. The molecular formula is C30H39ClN2O4. The molecule has 1 atom stereocenters. The number of imide groups is 1. The first kappa shape index (κ1) is 27.5. The molecule has 0 bridgehead atoms. The average Bonchev–Trinajstić information content (AvgIpc) is 3.23. The summed E-state index contributed by atoms with van der Waals surface area (Å²) >= 11 is 6.18. The van der Waals surface area contributed by atoms with Crippen LogP contribution in [0.5, 0.6) is 11.5 Å². The normalized spacial score (nSPS) is 17.5. The van der Waals surface area contributed by atoms with Gasteiger partial charge < -0.3 is 9.47 Å². The summed E-state index contributed by atoms with van der Waals surface area (Å²) in [5.41, 5.74) is 2.46. The molecule has 2 fully saturated rings. The number of hydrogen-bond donors (Lipinski definition) is 0. The lowest BCUT2D eigenvalue weighted by atomic mass is 9.88. The molecule has 1 aliphatic heterocycles. The Labute approximate surface area is 225 Å². The summed E-state index contributed by atoms with van der Waals surface area (Å²) in [5, 5.41) is 0.760. The molecule has 2 aromatic carbocycles. The van der Waals surface area contributed by atoms with Crippen molar-refractivity contribution in [2.75, 3.05) is 26.8 Å². The average molecular weight is 527 g/mol. The Kier molecular flexibility index (Phi) is 9.87. The van der Waals surface area contributed by atoms with Gasteiger partial charge >= 0.3 is 0 Å². The summed E-state index contributed by atoms with van der Waals surface area (Å²) in [4.78, 5) is 27.6. The SMILES string of the molecule is CCC(c1ccc(Cl)cc1)N(Cc1ccc(OCCN2C(=O)CCC2=O)c(OC)c1)CC1CCCCC1. The molecule has 1 saturated carbocycles.